The zero-order valence-electron chi connectivity index (χ0n) is 14.5. The van der Waals surface area contributed by atoms with Crippen molar-refractivity contribution in [1.82, 2.24) is 20.3 Å². The minimum atomic E-state index is -0.309. The summed E-state index contributed by atoms with van der Waals surface area (Å²) in [6.45, 7) is 4.38. The molecule has 0 bridgehead atoms. The van der Waals surface area contributed by atoms with Gasteiger partial charge in [0.05, 0.1) is 12.1 Å². The van der Waals surface area contributed by atoms with E-state index in [-0.39, 0.29) is 24.2 Å². The molecule has 1 aromatic carbocycles. The van der Waals surface area contributed by atoms with Crippen molar-refractivity contribution in [2.24, 2.45) is 0 Å². The van der Waals surface area contributed by atoms with Crippen molar-refractivity contribution in [1.29, 1.82) is 0 Å². The Bertz CT molecular complexity index is 859. The smallest absolute Gasteiger partial charge is 0.274 e. The average molecular weight is 375 g/mol. The molecule has 3 rings (SSSR count). The van der Waals surface area contributed by atoms with E-state index in [0.29, 0.717) is 28.6 Å². The van der Waals surface area contributed by atoms with Gasteiger partial charge in [0.2, 0.25) is 0 Å². The number of aromatic nitrogens is 3. The van der Waals surface area contributed by atoms with Crippen LogP contribution in [-0.4, -0.2) is 26.9 Å². The average Bonchev–Trinajstić information content (AvgIpc) is 3.24. The number of rotatable bonds is 7. The van der Waals surface area contributed by atoms with Crippen molar-refractivity contribution < 1.29 is 14.1 Å². The van der Waals surface area contributed by atoms with Crippen molar-refractivity contribution in [2.45, 2.75) is 33.0 Å². The number of hydrogen-bond donors (Lipinski definition) is 1. The van der Waals surface area contributed by atoms with E-state index in [2.05, 4.69) is 15.6 Å². The van der Waals surface area contributed by atoms with E-state index in [1.807, 2.05) is 19.2 Å². The molecule has 0 aliphatic rings. The Labute approximate surface area is 155 Å². The normalized spacial score (nSPS) is 12.0. The largest absolute Gasteiger partial charge is 0.489 e. The molecule has 0 fully saturated rings. The third-order valence-corrected chi connectivity index (χ3v) is 4.05. The SMILES string of the molecule is Cc1onc(C(=O)NC(C)Cn2cccn2)c1COc1ccc(Cl)cc1. The topological polar surface area (TPSA) is 82.2 Å². The van der Waals surface area contributed by atoms with Crippen molar-refractivity contribution in [3.8, 4) is 5.75 Å². The van der Waals surface area contributed by atoms with Crippen LogP contribution in [-0.2, 0) is 13.2 Å². The van der Waals surface area contributed by atoms with Gasteiger partial charge < -0.3 is 14.6 Å². The minimum absolute atomic E-state index is 0.121. The van der Waals surface area contributed by atoms with Gasteiger partial charge in [-0.3, -0.25) is 9.48 Å². The van der Waals surface area contributed by atoms with Crippen LogP contribution in [0.3, 0.4) is 0 Å². The fraction of sp³-hybridized carbons (Fsp3) is 0.278. The molecule has 0 aliphatic carbocycles. The quantitative estimate of drug-likeness (QED) is 0.686. The van der Waals surface area contributed by atoms with Gasteiger partial charge in [0.25, 0.3) is 5.91 Å². The van der Waals surface area contributed by atoms with Crippen LogP contribution in [0.4, 0.5) is 0 Å². The van der Waals surface area contributed by atoms with Gasteiger partial charge in [-0.2, -0.15) is 5.10 Å². The lowest BCUT2D eigenvalue weighted by molar-refractivity contribution is 0.0924. The first-order chi connectivity index (χ1) is 12.5. The number of benzene rings is 1. The molecule has 3 aromatic rings. The number of ether oxygens (including phenoxy) is 1. The summed E-state index contributed by atoms with van der Waals surface area (Å²) in [6.07, 6.45) is 3.54. The lowest BCUT2D eigenvalue weighted by atomic mass is 10.2. The van der Waals surface area contributed by atoms with Gasteiger partial charge in [-0.1, -0.05) is 16.8 Å². The minimum Gasteiger partial charge on any atom is -0.489 e. The Morgan fingerprint density at radius 1 is 1.38 bits per heavy atom. The van der Waals surface area contributed by atoms with Gasteiger partial charge >= 0.3 is 0 Å². The molecule has 1 unspecified atom stereocenters. The maximum Gasteiger partial charge on any atom is 0.274 e. The number of nitrogens with zero attached hydrogens (tertiary/aromatic N) is 3. The second-order valence-electron chi connectivity index (χ2n) is 5.91. The molecule has 136 valence electrons. The first-order valence-electron chi connectivity index (χ1n) is 8.14. The van der Waals surface area contributed by atoms with Crippen molar-refractivity contribution >= 4 is 17.5 Å². The van der Waals surface area contributed by atoms with E-state index in [9.17, 15) is 4.79 Å². The van der Waals surface area contributed by atoms with Crippen LogP contribution in [0, 0.1) is 6.92 Å². The molecule has 1 atom stereocenters. The summed E-state index contributed by atoms with van der Waals surface area (Å²) in [5, 5.41) is 11.5. The molecule has 2 aromatic heterocycles. The number of nitrogens with one attached hydrogen (secondary N) is 1. The number of amides is 1. The fourth-order valence-electron chi connectivity index (χ4n) is 2.45. The second-order valence-corrected chi connectivity index (χ2v) is 6.35. The highest BCUT2D eigenvalue weighted by Crippen LogP contribution is 2.20. The van der Waals surface area contributed by atoms with Gasteiger partial charge in [0.1, 0.15) is 18.1 Å². The molecule has 7 nitrogen and oxygen atoms in total. The summed E-state index contributed by atoms with van der Waals surface area (Å²) < 4.78 is 12.7. The van der Waals surface area contributed by atoms with E-state index in [1.54, 1.807) is 42.1 Å². The van der Waals surface area contributed by atoms with Crippen molar-refractivity contribution in [3.05, 3.63) is 64.8 Å². The van der Waals surface area contributed by atoms with Gasteiger partial charge in [-0.15, -0.1) is 0 Å². The summed E-state index contributed by atoms with van der Waals surface area (Å²) in [5.74, 6) is 0.883. The fourth-order valence-corrected chi connectivity index (χ4v) is 2.58. The Morgan fingerprint density at radius 2 is 2.15 bits per heavy atom. The zero-order chi connectivity index (χ0) is 18.5. The lowest BCUT2D eigenvalue weighted by Crippen LogP contribution is -2.36. The van der Waals surface area contributed by atoms with Crippen LogP contribution in [0.15, 0.2) is 47.2 Å². The third-order valence-electron chi connectivity index (χ3n) is 3.79. The van der Waals surface area contributed by atoms with Crippen molar-refractivity contribution in [3.63, 3.8) is 0 Å². The predicted octanol–water partition coefficient (Wildman–Crippen LogP) is 3.23. The van der Waals surface area contributed by atoms with E-state index in [1.165, 1.54) is 0 Å². The summed E-state index contributed by atoms with van der Waals surface area (Å²) in [4.78, 5) is 12.5. The molecule has 2 heterocycles. The number of carbonyl (C=O) groups is 1. The van der Waals surface area contributed by atoms with E-state index >= 15 is 0 Å². The van der Waals surface area contributed by atoms with Gasteiger partial charge in [0, 0.05) is 23.5 Å². The molecule has 0 aliphatic heterocycles. The number of hydrogen-bond acceptors (Lipinski definition) is 5. The Kier molecular flexibility index (Phi) is 5.58. The summed E-state index contributed by atoms with van der Waals surface area (Å²) in [6, 6.07) is 8.71. The highest BCUT2D eigenvalue weighted by Gasteiger charge is 2.21. The van der Waals surface area contributed by atoms with Crippen LogP contribution in [0.2, 0.25) is 5.02 Å². The highest BCUT2D eigenvalue weighted by molar-refractivity contribution is 6.30. The van der Waals surface area contributed by atoms with Gasteiger partial charge in [-0.05, 0) is 44.2 Å². The molecule has 0 saturated heterocycles. The lowest BCUT2D eigenvalue weighted by Gasteiger charge is -2.13. The Balaban J connectivity index is 1.64. The third kappa shape index (κ3) is 4.43. The maximum absolute atomic E-state index is 12.5. The van der Waals surface area contributed by atoms with Crippen LogP contribution in [0.1, 0.15) is 28.7 Å². The van der Waals surface area contributed by atoms with E-state index < -0.39 is 0 Å². The number of carbonyl (C=O) groups excluding carboxylic acids is 1. The molecular weight excluding hydrogens is 356 g/mol. The standard InChI is InChI=1S/C18H19ClN4O3/c1-12(10-23-9-3-8-20-23)21-18(24)17-16(13(2)26-22-17)11-25-15-6-4-14(19)5-7-15/h3-9,12H,10-11H2,1-2H3,(H,21,24). The molecule has 0 saturated carbocycles. The predicted molar refractivity (Wildman–Crippen MR) is 96.2 cm³/mol. The van der Waals surface area contributed by atoms with E-state index in [4.69, 9.17) is 20.9 Å². The van der Waals surface area contributed by atoms with Crippen LogP contribution >= 0.6 is 11.6 Å². The van der Waals surface area contributed by atoms with Crippen LogP contribution in [0.5, 0.6) is 5.75 Å². The molecule has 8 heteroatoms. The monoisotopic (exact) mass is 374 g/mol. The molecule has 0 spiro atoms. The molecule has 0 radical (unpaired) electrons. The zero-order valence-corrected chi connectivity index (χ0v) is 15.2. The number of halogens is 1. The van der Waals surface area contributed by atoms with Gasteiger partial charge in [-0.25, -0.2) is 0 Å². The van der Waals surface area contributed by atoms with E-state index in [0.717, 1.165) is 0 Å². The van der Waals surface area contributed by atoms with Gasteiger partial charge in [0.15, 0.2) is 5.69 Å². The maximum atomic E-state index is 12.5. The first-order valence-corrected chi connectivity index (χ1v) is 8.52. The van der Waals surface area contributed by atoms with Crippen LogP contribution < -0.4 is 10.1 Å². The molecule has 1 N–H and O–H groups in total. The highest BCUT2D eigenvalue weighted by atomic mass is 35.5. The molecule has 26 heavy (non-hydrogen) atoms. The molecular formula is C18H19ClN4O3. The number of aryl methyl sites for hydroxylation is 1. The first kappa shape index (κ1) is 18.0. The summed E-state index contributed by atoms with van der Waals surface area (Å²) in [5.41, 5.74) is 0.840. The van der Waals surface area contributed by atoms with Crippen LogP contribution in [0.25, 0.3) is 0 Å². The second kappa shape index (κ2) is 8.05. The molecule has 1 amide bonds. The van der Waals surface area contributed by atoms with Crippen molar-refractivity contribution in [2.75, 3.05) is 0 Å². The Morgan fingerprint density at radius 3 is 2.85 bits per heavy atom. The Hall–Kier alpha value is -2.80. The summed E-state index contributed by atoms with van der Waals surface area (Å²) in [7, 11) is 0. The summed E-state index contributed by atoms with van der Waals surface area (Å²) >= 11 is 5.86.